The summed E-state index contributed by atoms with van der Waals surface area (Å²) in [4.78, 5) is 9.37. The number of guanidine groups is 1. The van der Waals surface area contributed by atoms with Gasteiger partial charge in [0.05, 0.1) is 18.8 Å². The molecule has 1 aromatic carbocycles. The standard InChI is InChI=1S/C22H33N5O/c1-4-23-22(24-16-18-9-11-19(12-10-18)26(2)3)25-17-20(21-8-7-15-28-21)27-13-5-6-14-27/h7-12,15,20H,4-6,13-14,16-17H2,1-3H3,(H2,23,24,25). The van der Waals surface area contributed by atoms with E-state index in [1.165, 1.54) is 24.1 Å². The molecule has 2 aromatic rings. The predicted octanol–water partition coefficient (Wildman–Crippen LogP) is 3.24. The Bertz CT molecular complexity index is 718. The SMILES string of the molecule is CCNC(=NCc1ccc(N(C)C)cc1)NCC(c1ccco1)N1CCCC1. The highest BCUT2D eigenvalue weighted by atomic mass is 16.3. The molecule has 1 aliphatic rings. The number of anilines is 1. The fourth-order valence-corrected chi connectivity index (χ4v) is 3.55. The fourth-order valence-electron chi connectivity index (χ4n) is 3.55. The van der Waals surface area contributed by atoms with E-state index < -0.39 is 0 Å². The van der Waals surface area contributed by atoms with Gasteiger partial charge in [0.1, 0.15) is 5.76 Å². The van der Waals surface area contributed by atoms with Gasteiger partial charge in [0.25, 0.3) is 0 Å². The second kappa shape index (κ2) is 10.2. The summed E-state index contributed by atoms with van der Waals surface area (Å²) in [6.45, 7) is 6.60. The van der Waals surface area contributed by atoms with Crippen LogP contribution in [0, 0.1) is 0 Å². The van der Waals surface area contributed by atoms with Gasteiger partial charge in [0.15, 0.2) is 5.96 Å². The second-order valence-corrected chi connectivity index (χ2v) is 7.41. The number of furan rings is 1. The Balaban J connectivity index is 1.63. The number of benzene rings is 1. The molecule has 2 heterocycles. The molecular formula is C22H33N5O. The molecule has 6 heteroatoms. The van der Waals surface area contributed by atoms with E-state index in [-0.39, 0.29) is 6.04 Å². The number of rotatable bonds is 8. The Morgan fingerprint density at radius 3 is 2.50 bits per heavy atom. The Labute approximate surface area is 168 Å². The van der Waals surface area contributed by atoms with E-state index in [0.717, 1.165) is 37.9 Å². The van der Waals surface area contributed by atoms with Crippen molar-refractivity contribution >= 4 is 11.6 Å². The van der Waals surface area contributed by atoms with Crippen molar-refractivity contribution < 1.29 is 4.42 Å². The summed E-state index contributed by atoms with van der Waals surface area (Å²) in [5, 5.41) is 6.87. The van der Waals surface area contributed by atoms with Gasteiger partial charge >= 0.3 is 0 Å². The first-order valence-electron chi connectivity index (χ1n) is 10.2. The van der Waals surface area contributed by atoms with Gasteiger partial charge in [-0.25, -0.2) is 4.99 Å². The van der Waals surface area contributed by atoms with Gasteiger partial charge < -0.3 is 20.0 Å². The third kappa shape index (κ3) is 5.52. The Morgan fingerprint density at radius 2 is 1.89 bits per heavy atom. The van der Waals surface area contributed by atoms with Crippen LogP contribution in [0.2, 0.25) is 0 Å². The molecule has 3 rings (SSSR count). The minimum Gasteiger partial charge on any atom is -0.468 e. The van der Waals surface area contributed by atoms with Crippen molar-refractivity contribution in [2.45, 2.75) is 32.4 Å². The van der Waals surface area contributed by atoms with Gasteiger partial charge in [0, 0.05) is 32.9 Å². The van der Waals surface area contributed by atoms with Crippen molar-refractivity contribution in [3.63, 3.8) is 0 Å². The van der Waals surface area contributed by atoms with Gasteiger partial charge in [-0.1, -0.05) is 12.1 Å². The van der Waals surface area contributed by atoms with Gasteiger partial charge in [-0.15, -0.1) is 0 Å². The summed E-state index contributed by atoms with van der Waals surface area (Å²) >= 11 is 0. The van der Waals surface area contributed by atoms with Gasteiger partial charge in [-0.2, -0.15) is 0 Å². The molecule has 1 unspecified atom stereocenters. The Hall–Kier alpha value is -2.47. The molecule has 0 bridgehead atoms. The number of hydrogen-bond donors (Lipinski definition) is 2. The molecule has 1 aromatic heterocycles. The molecule has 1 saturated heterocycles. The van der Waals surface area contributed by atoms with Crippen molar-refractivity contribution in [1.82, 2.24) is 15.5 Å². The molecule has 0 amide bonds. The lowest BCUT2D eigenvalue weighted by atomic mass is 10.2. The average molecular weight is 384 g/mol. The molecule has 0 spiro atoms. The molecule has 28 heavy (non-hydrogen) atoms. The van der Waals surface area contributed by atoms with E-state index in [0.29, 0.717) is 6.54 Å². The molecule has 152 valence electrons. The molecule has 1 fully saturated rings. The van der Waals surface area contributed by atoms with E-state index in [1.54, 1.807) is 6.26 Å². The van der Waals surface area contributed by atoms with Gasteiger partial charge in [0.2, 0.25) is 0 Å². The van der Waals surface area contributed by atoms with Crippen molar-refractivity contribution in [2.75, 3.05) is 45.2 Å². The molecule has 2 N–H and O–H groups in total. The predicted molar refractivity (Wildman–Crippen MR) is 116 cm³/mol. The zero-order valence-corrected chi connectivity index (χ0v) is 17.3. The van der Waals surface area contributed by atoms with Crippen LogP contribution in [0.5, 0.6) is 0 Å². The highest BCUT2D eigenvalue weighted by molar-refractivity contribution is 5.79. The van der Waals surface area contributed by atoms with Crippen molar-refractivity contribution in [3.05, 3.63) is 54.0 Å². The van der Waals surface area contributed by atoms with Crippen LogP contribution in [-0.2, 0) is 6.54 Å². The van der Waals surface area contributed by atoms with Crippen LogP contribution < -0.4 is 15.5 Å². The number of hydrogen-bond acceptors (Lipinski definition) is 4. The maximum Gasteiger partial charge on any atom is 0.191 e. The van der Waals surface area contributed by atoms with Crippen LogP contribution in [0.1, 0.15) is 37.1 Å². The maximum absolute atomic E-state index is 5.71. The zero-order chi connectivity index (χ0) is 19.8. The van der Waals surface area contributed by atoms with Crippen molar-refractivity contribution in [3.8, 4) is 0 Å². The van der Waals surface area contributed by atoms with E-state index >= 15 is 0 Å². The zero-order valence-electron chi connectivity index (χ0n) is 17.3. The normalized spacial score (nSPS) is 16.2. The van der Waals surface area contributed by atoms with Crippen LogP contribution in [0.3, 0.4) is 0 Å². The molecule has 6 nitrogen and oxygen atoms in total. The van der Waals surface area contributed by atoms with Crippen LogP contribution in [0.25, 0.3) is 0 Å². The Kier molecular flexibility index (Phi) is 7.37. The average Bonchev–Trinajstić information content (AvgIpc) is 3.41. The largest absolute Gasteiger partial charge is 0.468 e. The summed E-state index contributed by atoms with van der Waals surface area (Å²) in [6.07, 6.45) is 4.28. The number of aliphatic imine (C=N–C) groups is 1. The minimum absolute atomic E-state index is 0.237. The summed E-state index contributed by atoms with van der Waals surface area (Å²) in [5.41, 5.74) is 2.40. The highest BCUT2D eigenvalue weighted by Gasteiger charge is 2.25. The van der Waals surface area contributed by atoms with E-state index in [2.05, 4.69) is 71.8 Å². The van der Waals surface area contributed by atoms with Crippen LogP contribution >= 0.6 is 0 Å². The van der Waals surface area contributed by atoms with E-state index in [9.17, 15) is 0 Å². The first-order valence-corrected chi connectivity index (χ1v) is 10.2. The van der Waals surface area contributed by atoms with Crippen LogP contribution in [0.4, 0.5) is 5.69 Å². The van der Waals surface area contributed by atoms with Crippen LogP contribution in [-0.4, -0.2) is 51.1 Å². The molecule has 0 radical (unpaired) electrons. The van der Waals surface area contributed by atoms with E-state index in [1.807, 2.05) is 6.07 Å². The monoisotopic (exact) mass is 383 g/mol. The highest BCUT2D eigenvalue weighted by Crippen LogP contribution is 2.24. The van der Waals surface area contributed by atoms with Gasteiger partial charge in [-0.3, -0.25) is 4.90 Å². The maximum atomic E-state index is 5.71. The quantitative estimate of drug-likeness (QED) is 0.541. The molecule has 0 aliphatic carbocycles. The van der Waals surface area contributed by atoms with Crippen molar-refractivity contribution in [2.24, 2.45) is 4.99 Å². The third-order valence-corrected chi connectivity index (χ3v) is 5.13. The van der Waals surface area contributed by atoms with Crippen LogP contribution in [0.15, 0.2) is 52.1 Å². The smallest absolute Gasteiger partial charge is 0.191 e. The first-order chi connectivity index (χ1) is 13.7. The van der Waals surface area contributed by atoms with Crippen molar-refractivity contribution in [1.29, 1.82) is 0 Å². The number of nitrogens with zero attached hydrogens (tertiary/aromatic N) is 3. The summed E-state index contributed by atoms with van der Waals surface area (Å²) in [7, 11) is 4.10. The van der Waals surface area contributed by atoms with E-state index in [4.69, 9.17) is 9.41 Å². The lowest BCUT2D eigenvalue weighted by Gasteiger charge is -2.26. The molecule has 1 aliphatic heterocycles. The summed E-state index contributed by atoms with van der Waals surface area (Å²) in [6, 6.07) is 12.8. The second-order valence-electron chi connectivity index (χ2n) is 7.41. The molecule has 0 saturated carbocycles. The molecule has 1 atom stereocenters. The number of nitrogens with one attached hydrogen (secondary N) is 2. The van der Waals surface area contributed by atoms with Gasteiger partial charge in [-0.05, 0) is 62.7 Å². The molecular weight excluding hydrogens is 350 g/mol. The minimum atomic E-state index is 0.237. The number of likely N-dealkylation sites (tertiary alicyclic amines) is 1. The lowest BCUT2D eigenvalue weighted by Crippen LogP contribution is -2.42. The lowest BCUT2D eigenvalue weighted by molar-refractivity contribution is 0.215. The summed E-state index contributed by atoms with van der Waals surface area (Å²) in [5.74, 6) is 1.86. The summed E-state index contributed by atoms with van der Waals surface area (Å²) < 4.78 is 5.71. The first kappa shape index (κ1) is 20.3. The topological polar surface area (TPSA) is 56.0 Å². The third-order valence-electron chi connectivity index (χ3n) is 5.13. The Morgan fingerprint density at radius 1 is 1.14 bits per heavy atom. The fraction of sp³-hybridized carbons (Fsp3) is 0.500.